The van der Waals surface area contributed by atoms with Gasteiger partial charge in [-0.25, -0.2) is 0 Å². The summed E-state index contributed by atoms with van der Waals surface area (Å²) in [7, 11) is 0. The summed E-state index contributed by atoms with van der Waals surface area (Å²) in [6, 6.07) is 0. The van der Waals surface area contributed by atoms with Crippen molar-refractivity contribution in [3.63, 3.8) is 0 Å². The Hall–Kier alpha value is -0.120. The van der Waals surface area contributed by atoms with E-state index >= 15 is 0 Å². The minimum atomic E-state index is 0.231. The fourth-order valence-corrected chi connectivity index (χ4v) is 4.30. The minimum absolute atomic E-state index is 0.231. The van der Waals surface area contributed by atoms with Crippen molar-refractivity contribution in [1.82, 2.24) is 0 Å². The molecule has 0 radical (unpaired) electrons. The van der Waals surface area contributed by atoms with Crippen LogP contribution < -0.4 is 5.73 Å². The van der Waals surface area contributed by atoms with E-state index in [9.17, 15) is 0 Å². The van der Waals surface area contributed by atoms with Gasteiger partial charge in [-0.15, -0.1) is 0 Å². The number of rotatable bonds is 4. The number of ether oxygens (including phenoxy) is 2. The molecule has 3 rings (SSSR count). The van der Waals surface area contributed by atoms with Crippen LogP contribution in [-0.4, -0.2) is 31.0 Å². The molecule has 3 heteroatoms. The molecule has 3 unspecified atom stereocenters. The van der Waals surface area contributed by atoms with Crippen molar-refractivity contribution in [1.29, 1.82) is 0 Å². The molecule has 2 N–H and O–H groups in total. The van der Waals surface area contributed by atoms with Gasteiger partial charge in [-0.05, 0) is 51.0 Å². The Labute approximate surface area is 117 Å². The van der Waals surface area contributed by atoms with E-state index in [0.29, 0.717) is 18.1 Å². The van der Waals surface area contributed by atoms with Crippen LogP contribution in [0.25, 0.3) is 0 Å². The molecule has 3 atom stereocenters. The second kappa shape index (κ2) is 6.11. The third kappa shape index (κ3) is 3.14. The number of hydrogen-bond donors (Lipinski definition) is 1. The first kappa shape index (κ1) is 13.8. The van der Waals surface area contributed by atoms with Crippen molar-refractivity contribution in [3.05, 3.63) is 0 Å². The molecule has 3 nitrogen and oxygen atoms in total. The number of hydrogen-bond acceptors (Lipinski definition) is 3. The Morgan fingerprint density at radius 3 is 2.63 bits per heavy atom. The molecule has 3 aliphatic rings. The van der Waals surface area contributed by atoms with E-state index in [1.807, 2.05) is 0 Å². The van der Waals surface area contributed by atoms with Gasteiger partial charge in [-0.1, -0.05) is 25.7 Å². The maximum absolute atomic E-state index is 6.36. The molecular formula is C16H29NO2. The van der Waals surface area contributed by atoms with Crippen molar-refractivity contribution >= 4 is 0 Å². The van der Waals surface area contributed by atoms with Crippen LogP contribution in [-0.2, 0) is 9.47 Å². The molecule has 0 bridgehead atoms. The average molecular weight is 267 g/mol. The van der Waals surface area contributed by atoms with Gasteiger partial charge in [-0.2, -0.15) is 0 Å². The first-order valence-corrected chi connectivity index (χ1v) is 8.31. The van der Waals surface area contributed by atoms with Crippen LogP contribution >= 0.6 is 0 Å². The summed E-state index contributed by atoms with van der Waals surface area (Å²) < 4.78 is 12.5. The van der Waals surface area contributed by atoms with Gasteiger partial charge >= 0.3 is 0 Å². The zero-order chi connectivity index (χ0) is 13.1. The van der Waals surface area contributed by atoms with Crippen LogP contribution in [0.15, 0.2) is 0 Å². The highest BCUT2D eigenvalue weighted by molar-refractivity contribution is 4.91. The number of nitrogens with two attached hydrogens (primary N) is 1. The summed E-state index contributed by atoms with van der Waals surface area (Å²) in [5.41, 5.74) is 6.04. The zero-order valence-corrected chi connectivity index (χ0v) is 12.1. The molecule has 2 saturated carbocycles. The van der Waals surface area contributed by atoms with Crippen molar-refractivity contribution in [3.8, 4) is 0 Å². The third-order valence-electron chi connectivity index (χ3n) is 5.49. The van der Waals surface area contributed by atoms with E-state index in [2.05, 4.69) is 0 Å². The van der Waals surface area contributed by atoms with Gasteiger partial charge in [0.1, 0.15) is 0 Å². The predicted octanol–water partition coefficient (Wildman–Crippen LogP) is 3.01. The van der Waals surface area contributed by atoms with Crippen molar-refractivity contribution in [2.24, 2.45) is 11.7 Å². The van der Waals surface area contributed by atoms with Crippen LogP contribution in [0.4, 0.5) is 0 Å². The van der Waals surface area contributed by atoms with Crippen LogP contribution in [0.5, 0.6) is 0 Å². The Balaban J connectivity index is 1.44. The Morgan fingerprint density at radius 1 is 1.00 bits per heavy atom. The van der Waals surface area contributed by atoms with Gasteiger partial charge in [0, 0.05) is 0 Å². The lowest BCUT2D eigenvalue weighted by atomic mass is 9.83. The van der Waals surface area contributed by atoms with Crippen molar-refractivity contribution in [2.75, 3.05) is 13.2 Å². The van der Waals surface area contributed by atoms with Crippen LogP contribution in [0, 0.1) is 5.92 Å². The van der Waals surface area contributed by atoms with Crippen LogP contribution in [0.3, 0.4) is 0 Å². The van der Waals surface area contributed by atoms with Gasteiger partial charge in [0.15, 0.2) is 0 Å². The van der Waals surface area contributed by atoms with E-state index < -0.39 is 0 Å². The maximum atomic E-state index is 6.36. The second-order valence-corrected chi connectivity index (χ2v) is 6.82. The van der Waals surface area contributed by atoms with Gasteiger partial charge in [0.25, 0.3) is 0 Å². The van der Waals surface area contributed by atoms with Gasteiger partial charge in [-0.3, -0.25) is 0 Å². The lowest BCUT2D eigenvalue weighted by Gasteiger charge is -2.33. The quantitative estimate of drug-likeness (QED) is 0.851. The summed E-state index contributed by atoms with van der Waals surface area (Å²) in [6.45, 7) is 1.57. The smallest absolute Gasteiger partial charge is 0.0817 e. The fraction of sp³-hybridized carbons (Fsp3) is 1.00. The van der Waals surface area contributed by atoms with E-state index in [1.165, 1.54) is 64.2 Å². The SMILES string of the molecule is NCC1CCCC1OCC1CCC2(CCCCC2)O1. The average Bonchev–Trinajstić information content (AvgIpc) is 3.04. The van der Waals surface area contributed by atoms with Crippen LogP contribution in [0.2, 0.25) is 0 Å². The molecule has 19 heavy (non-hydrogen) atoms. The first-order chi connectivity index (χ1) is 9.31. The summed E-state index contributed by atoms with van der Waals surface area (Å²) in [5.74, 6) is 0.588. The Kier molecular flexibility index (Phi) is 4.45. The summed E-state index contributed by atoms with van der Waals surface area (Å²) in [5, 5.41) is 0. The molecular weight excluding hydrogens is 238 g/mol. The molecule has 1 saturated heterocycles. The third-order valence-corrected chi connectivity index (χ3v) is 5.49. The van der Waals surface area contributed by atoms with Crippen molar-refractivity contribution in [2.45, 2.75) is 82.0 Å². The second-order valence-electron chi connectivity index (χ2n) is 6.82. The standard InChI is InChI=1S/C16H29NO2/c17-11-13-5-4-6-15(13)18-12-14-7-10-16(19-14)8-2-1-3-9-16/h13-15H,1-12,17H2. The molecule has 0 aromatic heterocycles. The van der Waals surface area contributed by atoms with Crippen molar-refractivity contribution < 1.29 is 9.47 Å². The lowest BCUT2D eigenvalue weighted by molar-refractivity contribution is -0.102. The van der Waals surface area contributed by atoms with Gasteiger partial charge < -0.3 is 15.2 Å². The first-order valence-electron chi connectivity index (χ1n) is 8.31. The highest BCUT2D eigenvalue weighted by atomic mass is 16.6. The lowest BCUT2D eigenvalue weighted by Crippen LogP contribution is -2.33. The van der Waals surface area contributed by atoms with E-state index in [4.69, 9.17) is 15.2 Å². The van der Waals surface area contributed by atoms with E-state index in [-0.39, 0.29) is 5.60 Å². The van der Waals surface area contributed by atoms with E-state index in [1.54, 1.807) is 0 Å². The molecule has 2 aliphatic carbocycles. The highest BCUT2D eigenvalue weighted by Crippen LogP contribution is 2.42. The van der Waals surface area contributed by atoms with Gasteiger partial charge in [0.05, 0.1) is 24.4 Å². The fourth-order valence-electron chi connectivity index (χ4n) is 4.30. The maximum Gasteiger partial charge on any atom is 0.0817 e. The molecule has 110 valence electrons. The van der Waals surface area contributed by atoms with Crippen LogP contribution in [0.1, 0.15) is 64.2 Å². The normalized spacial score (nSPS) is 38.1. The molecule has 0 aromatic rings. The molecule has 1 heterocycles. The Bertz CT molecular complexity index is 288. The minimum Gasteiger partial charge on any atom is -0.375 e. The molecule has 1 aliphatic heterocycles. The molecule has 3 fully saturated rings. The van der Waals surface area contributed by atoms with E-state index in [0.717, 1.165) is 13.2 Å². The highest BCUT2D eigenvalue weighted by Gasteiger charge is 2.41. The predicted molar refractivity (Wildman–Crippen MR) is 76.1 cm³/mol. The Morgan fingerprint density at radius 2 is 1.84 bits per heavy atom. The molecule has 0 amide bonds. The topological polar surface area (TPSA) is 44.5 Å². The molecule has 1 spiro atoms. The van der Waals surface area contributed by atoms with Gasteiger partial charge in [0.2, 0.25) is 0 Å². The summed E-state index contributed by atoms with van der Waals surface area (Å²) in [6.07, 6.45) is 13.6. The zero-order valence-electron chi connectivity index (χ0n) is 12.1. The largest absolute Gasteiger partial charge is 0.375 e. The monoisotopic (exact) mass is 267 g/mol. The molecule has 0 aromatic carbocycles. The summed E-state index contributed by atoms with van der Waals surface area (Å²) in [4.78, 5) is 0. The summed E-state index contributed by atoms with van der Waals surface area (Å²) >= 11 is 0.